The van der Waals surface area contributed by atoms with Crippen molar-refractivity contribution in [3.05, 3.63) is 0 Å². The zero-order chi connectivity index (χ0) is 12.6. The van der Waals surface area contributed by atoms with Crippen LogP contribution in [0.1, 0.15) is 34.1 Å². The van der Waals surface area contributed by atoms with E-state index in [0.717, 1.165) is 0 Å². The van der Waals surface area contributed by atoms with E-state index in [1.807, 2.05) is 27.7 Å². The maximum atomic E-state index is 11.5. The van der Waals surface area contributed by atoms with Crippen LogP contribution in [0.2, 0.25) is 0 Å². The SMILES string of the molecule is CC(C)OC(OC(C)C)O[P+](=O)CCCN. The Balaban J connectivity index is 4.03. The quantitative estimate of drug-likeness (QED) is 0.503. The highest BCUT2D eigenvalue weighted by atomic mass is 31.1. The van der Waals surface area contributed by atoms with Crippen LogP contribution in [0.4, 0.5) is 0 Å². The van der Waals surface area contributed by atoms with E-state index in [-0.39, 0.29) is 12.2 Å². The van der Waals surface area contributed by atoms with Crippen LogP contribution in [0.25, 0.3) is 0 Å². The molecule has 2 N–H and O–H groups in total. The van der Waals surface area contributed by atoms with Crippen molar-refractivity contribution in [2.45, 2.75) is 52.8 Å². The van der Waals surface area contributed by atoms with Crippen molar-refractivity contribution in [2.24, 2.45) is 5.73 Å². The molecule has 1 unspecified atom stereocenters. The third-order valence-corrected chi connectivity index (χ3v) is 2.60. The van der Waals surface area contributed by atoms with Crippen LogP contribution in [0.5, 0.6) is 0 Å². The minimum absolute atomic E-state index is 0.0401. The van der Waals surface area contributed by atoms with Gasteiger partial charge in [0.2, 0.25) is 0 Å². The molecule has 16 heavy (non-hydrogen) atoms. The summed E-state index contributed by atoms with van der Waals surface area (Å²) in [5.41, 5.74) is 5.32. The molecule has 5 nitrogen and oxygen atoms in total. The standard InChI is InChI=1S/C10H23NO4P/c1-8(2)13-10(14-9(3)4)15-16(12)7-5-6-11/h8-10H,5-7,11H2,1-4H3/q+1. The van der Waals surface area contributed by atoms with Gasteiger partial charge in [-0.1, -0.05) is 4.52 Å². The topological polar surface area (TPSA) is 70.8 Å². The van der Waals surface area contributed by atoms with E-state index in [0.29, 0.717) is 19.1 Å². The van der Waals surface area contributed by atoms with E-state index in [9.17, 15) is 4.57 Å². The molecule has 0 aromatic carbocycles. The predicted octanol–water partition coefficient (Wildman–Crippen LogP) is 2.23. The van der Waals surface area contributed by atoms with Crippen LogP contribution >= 0.6 is 8.03 Å². The average molecular weight is 252 g/mol. The van der Waals surface area contributed by atoms with E-state index >= 15 is 0 Å². The molecule has 0 amide bonds. The maximum absolute atomic E-state index is 11.5. The molecule has 0 aromatic rings. The second-order valence-electron chi connectivity index (χ2n) is 3.96. The zero-order valence-corrected chi connectivity index (χ0v) is 11.4. The van der Waals surface area contributed by atoms with Gasteiger partial charge in [0.1, 0.15) is 0 Å². The fourth-order valence-corrected chi connectivity index (χ4v) is 1.73. The van der Waals surface area contributed by atoms with Crippen LogP contribution in [0, 0.1) is 0 Å². The molecule has 0 spiro atoms. The third-order valence-electron chi connectivity index (χ3n) is 1.52. The Kier molecular flexibility index (Phi) is 8.99. The highest BCUT2D eigenvalue weighted by Crippen LogP contribution is 2.27. The molecule has 0 rings (SSSR count). The summed E-state index contributed by atoms with van der Waals surface area (Å²) in [6.45, 7) is 7.12. The summed E-state index contributed by atoms with van der Waals surface area (Å²) in [7, 11) is -1.77. The molecule has 0 aliphatic rings. The van der Waals surface area contributed by atoms with Crippen molar-refractivity contribution in [1.82, 2.24) is 0 Å². The smallest absolute Gasteiger partial charge is 0.330 e. The van der Waals surface area contributed by atoms with Gasteiger partial charge in [-0.15, -0.1) is 0 Å². The van der Waals surface area contributed by atoms with Gasteiger partial charge in [0.15, 0.2) is 6.16 Å². The van der Waals surface area contributed by atoms with E-state index in [2.05, 4.69) is 0 Å². The number of rotatable bonds is 9. The summed E-state index contributed by atoms with van der Waals surface area (Å²) in [6, 6.07) is 0. The Bertz CT molecular complexity index is 189. The maximum Gasteiger partial charge on any atom is 0.513 e. The summed E-state index contributed by atoms with van der Waals surface area (Å²) in [5, 5.41) is 0. The number of nitrogens with two attached hydrogens (primary N) is 1. The van der Waals surface area contributed by atoms with E-state index in [4.69, 9.17) is 19.7 Å². The Labute approximate surface area is 98.5 Å². The third kappa shape index (κ3) is 9.19. The van der Waals surface area contributed by atoms with Gasteiger partial charge in [-0.2, -0.15) is 0 Å². The summed E-state index contributed by atoms with van der Waals surface area (Å²) in [6.07, 6.45) is 1.03. The first-order chi connectivity index (χ1) is 7.45. The molecule has 0 saturated carbocycles. The van der Waals surface area contributed by atoms with Crippen LogP contribution in [-0.2, 0) is 18.6 Å². The van der Waals surface area contributed by atoms with Gasteiger partial charge in [-0.05, 0) is 38.8 Å². The normalized spacial score (nSPS) is 12.9. The van der Waals surface area contributed by atoms with Gasteiger partial charge in [0.25, 0.3) is 0 Å². The number of hydrogen-bond donors (Lipinski definition) is 1. The summed E-state index contributed by atoms with van der Waals surface area (Å²) in [4.78, 5) is 0. The summed E-state index contributed by atoms with van der Waals surface area (Å²) >= 11 is 0. The van der Waals surface area contributed by atoms with Crippen molar-refractivity contribution >= 4 is 8.03 Å². The lowest BCUT2D eigenvalue weighted by molar-refractivity contribution is -0.272. The average Bonchev–Trinajstić information content (AvgIpc) is 2.12. The fraction of sp³-hybridized carbons (Fsp3) is 1.00. The fourth-order valence-electron chi connectivity index (χ4n) is 0.895. The van der Waals surface area contributed by atoms with Crippen LogP contribution < -0.4 is 5.73 Å². The second kappa shape index (κ2) is 9.02. The lowest BCUT2D eigenvalue weighted by atomic mass is 10.5. The number of hydrogen-bond acceptors (Lipinski definition) is 5. The minimum atomic E-state index is -1.77. The largest absolute Gasteiger partial charge is 0.513 e. The molecule has 0 aromatic heterocycles. The van der Waals surface area contributed by atoms with E-state index in [1.165, 1.54) is 0 Å². The molecule has 0 aliphatic carbocycles. The van der Waals surface area contributed by atoms with Crippen LogP contribution in [0.15, 0.2) is 0 Å². The minimum Gasteiger partial charge on any atom is -0.330 e. The summed E-state index contributed by atoms with van der Waals surface area (Å²) < 4.78 is 27.4. The van der Waals surface area contributed by atoms with Crippen molar-refractivity contribution < 1.29 is 18.6 Å². The lowest BCUT2D eigenvalue weighted by Crippen LogP contribution is -2.25. The molecular formula is C10H23NO4P+. The van der Waals surface area contributed by atoms with E-state index < -0.39 is 14.5 Å². The van der Waals surface area contributed by atoms with Crippen LogP contribution in [-0.4, -0.2) is 31.4 Å². The molecule has 0 aliphatic heterocycles. The second-order valence-corrected chi connectivity index (χ2v) is 5.29. The van der Waals surface area contributed by atoms with Crippen molar-refractivity contribution in [3.63, 3.8) is 0 Å². The monoisotopic (exact) mass is 252 g/mol. The highest BCUT2D eigenvalue weighted by molar-refractivity contribution is 7.39. The Morgan fingerprint density at radius 1 is 1.12 bits per heavy atom. The van der Waals surface area contributed by atoms with Gasteiger partial charge in [0.05, 0.1) is 12.2 Å². The highest BCUT2D eigenvalue weighted by Gasteiger charge is 2.27. The predicted molar refractivity (Wildman–Crippen MR) is 63.5 cm³/mol. The van der Waals surface area contributed by atoms with Crippen molar-refractivity contribution in [3.8, 4) is 0 Å². The first-order valence-corrected chi connectivity index (χ1v) is 6.94. The van der Waals surface area contributed by atoms with Crippen LogP contribution in [0.3, 0.4) is 0 Å². The van der Waals surface area contributed by atoms with Gasteiger partial charge in [0, 0.05) is 6.42 Å². The Morgan fingerprint density at radius 2 is 1.62 bits per heavy atom. The van der Waals surface area contributed by atoms with Gasteiger partial charge >= 0.3 is 14.5 Å². The zero-order valence-electron chi connectivity index (χ0n) is 10.5. The molecule has 6 heteroatoms. The van der Waals surface area contributed by atoms with Crippen molar-refractivity contribution in [1.29, 1.82) is 0 Å². The molecule has 0 saturated heterocycles. The molecule has 0 fully saturated rings. The first kappa shape index (κ1) is 15.9. The Hall–Kier alpha value is -0.0600. The molecule has 0 heterocycles. The number of ether oxygens (including phenoxy) is 2. The Morgan fingerprint density at radius 3 is 2.00 bits per heavy atom. The van der Waals surface area contributed by atoms with Gasteiger partial charge in [-0.25, -0.2) is 0 Å². The lowest BCUT2D eigenvalue weighted by Gasteiger charge is -2.17. The molecule has 96 valence electrons. The van der Waals surface area contributed by atoms with Gasteiger partial charge in [-0.3, -0.25) is 0 Å². The van der Waals surface area contributed by atoms with E-state index in [1.54, 1.807) is 0 Å². The van der Waals surface area contributed by atoms with Gasteiger partial charge < -0.3 is 15.2 Å². The summed E-state index contributed by atoms with van der Waals surface area (Å²) in [5.74, 6) is 0. The first-order valence-electron chi connectivity index (χ1n) is 5.58. The van der Waals surface area contributed by atoms with Crippen molar-refractivity contribution in [2.75, 3.05) is 12.7 Å². The molecular weight excluding hydrogens is 229 g/mol. The molecule has 1 atom stereocenters. The molecule has 0 radical (unpaired) electrons. The molecule has 0 bridgehead atoms.